The van der Waals surface area contributed by atoms with Crippen LogP contribution in [0.25, 0.3) is 0 Å². The van der Waals surface area contributed by atoms with Gasteiger partial charge < -0.3 is 10.6 Å². The van der Waals surface area contributed by atoms with Crippen molar-refractivity contribution in [2.45, 2.75) is 43.9 Å². The Balaban J connectivity index is 2.05. The molecule has 1 aromatic rings. The lowest BCUT2D eigenvalue weighted by Crippen LogP contribution is -2.38. The molecular weight excluding hydrogens is 265 g/mol. The smallest absolute Gasteiger partial charge is 0.347 e. The highest BCUT2D eigenvalue weighted by Gasteiger charge is 2.36. The van der Waals surface area contributed by atoms with Crippen LogP contribution < -0.4 is 10.6 Å². The van der Waals surface area contributed by atoms with E-state index in [2.05, 4.69) is 10.2 Å². The lowest BCUT2D eigenvalue weighted by Gasteiger charge is -2.32. The van der Waals surface area contributed by atoms with Gasteiger partial charge in [0.1, 0.15) is 0 Å². The fourth-order valence-corrected chi connectivity index (χ4v) is 2.86. The second kappa shape index (κ2) is 5.00. The van der Waals surface area contributed by atoms with Crippen molar-refractivity contribution in [2.24, 2.45) is 5.73 Å². The highest BCUT2D eigenvalue weighted by molar-refractivity contribution is 7.15. The summed E-state index contributed by atoms with van der Waals surface area (Å²) in [7, 11) is 1.77. The number of hydrogen-bond donors (Lipinski definition) is 1. The molecule has 4 nitrogen and oxygen atoms in total. The predicted molar refractivity (Wildman–Crippen MR) is 63.5 cm³/mol. The Hall–Kier alpha value is -0.890. The third kappa shape index (κ3) is 2.92. The van der Waals surface area contributed by atoms with Gasteiger partial charge in [0.05, 0.1) is 0 Å². The van der Waals surface area contributed by atoms with E-state index in [0.29, 0.717) is 16.5 Å². The molecule has 1 fully saturated rings. The van der Waals surface area contributed by atoms with E-state index in [-0.39, 0.29) is 12.1 Å². The predicted octanol–water partition coefficient (Wildman–Crippen LogP) is 2.26. The van der Waals surface area contributed by atoms with E-state index in [9.17, 15) is 13.2 Å². The first-order valence-electron chi connectivity index (χ1n) is 5.77. The normalized spacial score (nSPS) is 25.2. The molecular formula is C10H15F3N4S. The maximum atomic E-state index is 12.4. The largest absolute Gasteiger partial charge is 0.445 e. The van der Waals surface area contributed by atoms with Crippen LogP contribution in [-0.4, -0.2) is 29.3 Å². The molecule has 8 heteroatoms. The Bertz CT molecular complexity index is 398. The fourth-order valence-electron chi connectivity index (χ4n) is 2.12. The zero-order chi connectivity index (χ0) is 13.3. The van der Waals surface area contributed by atoms with Gasteiger partial charge in [0.2, 0.25) is 10.1 Å². The van der Waals surface area contributed by atoms with E-state index in [4.69, 9.17) is 5.73 Å². The van der Waals surface area contributed by atoms with Crippen LogP contribution >= 0.6 is 11.3 Å². The van der Waals surface area contributed by atoms with Gasteiger partial charge in [0.15, 0.2) is 0 Å². The Morgan fingerprint density at radius 3 is 2.33 bits per heavy atom. The van der Waals surface area contributed by atoms with Crippen LogP contribution in [0, 0.1) is 0 Å². The number of halogens is 3. The molecule has 1 heterocycles. The zero-order valence-electron chi connectivity index (χ0n) is 9.94. The number of nitrogens with two attached hydrogens (primary N) is 1. The maximum absolute atomic E-state index is 12.4. The summed E-state index contributed by atoms with van der Waals surface area (Å²) in [6.07, 6.45) is -0.831. The molecule has 0 aromatic carbocycles. The van der Waals surface area contributed by atoms with Crippen LogP contribution in [0.5, 0.6) is 0 Å². The van der Waals surface area contributed by atoms with Crippen LogP contribution in [0.3, 0.4) is 0 Å². The topological polar surface area (TPSA) is 55.0 Å². The molecule has 0 amide bonds. The van der Waals surface area contributed by atoms with Gasteiger partial charge in [-0.25, -0.2) is 0 Å². The average Bonchev–Trinajstić information content (AvgIpc) is 2.78. The molecule has 18 heavy (non-hydrogen) atoms. The number of rotatable bonds is 2. The van der Waals surface area contributed by atoms with Crippen molar-refractivity contribution in [1.82, 2.24) is 10.2 Å². The Morgan fingerprint density at radius 1 is 1.22 bits per heavy atom. The van der Waals surface area contributed by atoms with Crippen molar-refractivity contribution in [3.05, 3.63) is 5.01 Å². The second-order valence-corrected chi connectivity index (χ2v) is 5.52. The minimum Gasteiger partial charge on any atom is -0.347 e. The van der Waals surface area contributed by atoms with E-state index >= 15 is 0 Å². The first kappa shape index (κ1) is 13.5. The Labute approximate surface area is 107 Å². The minimum absolute atomic E-state index is 0.207. The lowest BCUT2D eigenvalue weighted by molar-refractivity contribution is -0.138. The molecule has 0 aliphatic heterocycles. The van der Waals surface area contributed by atoms with Crippen molar-refractivity contribution >= 4 is 16.5 Å². The molecule has 0 unspecified atom stereocenters. The first-order chi connectivity index (χ1) is 8.38. The summed E-state index contributed by atoms with van der Waals surface area (Å²) in [4.78, 5) is 1.79. The van der Waals surface area contributed by atoms with Crippen LogP contribution in [0.1, 0.15) is 30.7 Å². The van der Waals surface area contributed by atoms with Crippen molar-refractivity contribution in [1.29, 1.82) is 0 Å². The van der Waals surface area contributed by atoms with Gasteiger partial charge in [-0.1, -0.05) is 11.3 Å². The average molecular weight is 280 g/mol. The monoisotopic (exact) mass is 280 g/mol. The minimum atomic E-state index is -4.41. The molecule has 2 N–H and O–H groups in total. The van der Waals surface area contributed by atoms with Crippen LogP contribution in [0.15, 0.2) is 0 Å². The maximum Gasteiger partial charge on any atom is 0.445 e. The lowest BCUT2D eigenvalue weighted by atomic mass is 9.91. The van der Waals surface area contributed by atoms with Gasteiger partial charge in [-0.2, -0.15) is 13.2 Å². The fraction of sp³-hybridized carbons (Fsp3) is 0.800. The molecule has 0 saturated heterocycles. The van der Waals surface area contributed by atoms with Gasteiger partial charge >= 0.3 is 6.18 Å². The van der Waals surface area contributed by atoms with E-state index in [1.165, 1.54) is 0 Å². The molecule has 102 valence electrons. The third-order valence-corrected chi connectivity index (χ3v) is 4.31. The number of alkyl halides is 3. The highest BCUT2D eigenvalue weighted by atomic mass is 32.1. The van der Waals surface area contributed by atoms with E-state index in [1.54, 1.807) is 11.9 Å². The molecule has 0 bridgehead atoms. The van der Waals surface area contributed by atoms with Crippen LogP contribution in [-0.2, 0) is 6.18 Å². The number of aromatic nitrogens is 2. The Morgan fingerprint density at radius 2 is 1.83 bits per heavy atom. The number of anilines is 1. The third-order valence-electron chi connectivity index (χ3n) is 3.25. The van der Waals surface area contributed by atoms with Gasteiger partial charge in [-0.15, -0.1) is 10.2 Å². The zero-order valence-corrected chi connectivity index (χ0v) is 10.8. The molecule has 0 atom stereocenters. The highest BCUT2D eigenvalue weighted by Crippen LogP contribution is 2.35. The molecule has 0 radical (unpaired) electrons. The molecule has 0 spiro atoms. The summed E-state index contributed by atoms with van der Waals surface area (Å²) in [6.45, 7) is 0. The summed E-state index contributed by atoms with van der Waals surface area (Å²) in [5, 5.41) is 6.25. The Kier molecular flexibility index (Phi) is 3.76. The second-order valence-electron chi connectivity index (χ2n) is 4.57. The van der Waals surface area contributed by atoms with Crippen molar-refractivity contribution in [3.8, 4) is 0 Å². The molecule has 1 aliphatic carbocycles. The van der Waals surface area contributed by atoms with E-state index in [1.807, 2.05) is 0 Å². The SMILES string of the molecule is CN(c1nnc(C(F)(F)F)s1)C1CCC(N)CC1. The molecule has 1 aliphatic rings. The van der Waals surface area contributed by atoms with Gasteiger partial charge in [0, 0.05) is 19.1 Å². The quantitative estimate of drug-likeness (QED) is 0.903. The summed E-state index contributed by atoms with van der Waals surface area (Å²) < 4.78 is 37.3. The summed E-state index contributed by atoms with van der Waals surface area (Å²) in [5.74, 6) is 0. The van der Waals surface area contributed by atoms with Gasteiger partial charge in [-0.05, 0) is 25.7 Å². The van der Waals surface area contributed by atoms with Crippen molar-refractivity contribution in [2.75, 3.05) is 11.9 Å². The van der Waals surface area contributed by atoms with Crippen molar-refractivity contribution < 1.29 is 13.2 Å². The van der Waals surface area contributed by atoms with Gasteiger partial charge in [-0.3, -0.25) is 0 Å². The standard InChI is InChI=1S/C10H15F3N4S/c1-17(7-4-2-6(14)3-5-7)9-16-15-8(18-9)10(11,12)13/h6-7H,2-5,14H2,1H3. The van der Waals surface area contributed by atoms with E-state index in [0.717, 1.165) is 25.7 Å². The number of hydrogen-bond acceptors (Lipinski definition) is 5. The van der Waals surface area contributed by atoms with E-state index < -0.39 is 11.2 Å². The number of nitrogens with zero attached hydrogens (tertiary/aromatic N) is 3. The summed E-state index contributed by atoms with van der Waals surface area (Å²) >= 11 is 0.590. The van der Waals surface area contributed by atoms with Crippen LogP contribution in [0.4, 0.5) is 18.3 Å². The van der Waals surface area contributed by atoms with Crippen LogP contribution in [0.2, 0.25) is 0 Å². The molecule has 1 saturated carbocycles. The first-order valence-corrected chi connectivity index (χ1v) is 6.58. The van der Waals surface area contributed by atoms with Crippen molar-refractivity contribution in [3.63, 3.8) is 0 Å². The van der Waals surface area contributed by atoms with Gasteiger partial charge in [0.25, 0.3) is 0 Å². The molecule has 2 rings (SSSR count). The summed E-state index contributed by atoms with van der Waals surface area (Å²) in [6, 6.07) is 0.425. The molecule has 1 aromatic heterocycles. The summed E-state index contributed by atoms with van der Waals surface area (Å²) in [5.41, 5.74) is 5.80.